The molecule has 3 rings (SSSR count). The predicted octanol–water partition coefficient (Wildman–Crippen LogP) is 0.566. The third kappa shape index (κ3) is 2.06. The number of hydrogen-bond donors (Lipinski definition) is 2. The molecule has 2 heterocycles. The molecule has 0 radical (unpaired) electrons. The predicted molar refractivity (Wildman–Crippen MR) is 60.9 cm³/mol. The van der Waals surface area contributed by atoms with E-state index in [9.17, 15) is 4.79 Å². The third-order valence-corrected chi connectivity index (χ3v) is 3.05. The molecule has 2 N–H and O–H groups in total. The summed E-state index contributed by atoms with van der Waals surface area (Å²) in [7, 11) is 0. The average Bonchev–Trinajstić information content (AvgIpc) is 2.70. The van der Waals surface area contributed by atoms with Crippen LogP contribution in [0, 0.1) is 0 Å². The first-order chi connectivity index (χ1) is 8.33. The fraction of sp³-hybridized carbons (Fsp3) is 0.417. The molecule has 1 atom stereocenters. The van der Waals surface area contributed by atoms with Crippen molar-refractivity contribution in [3.8, 4) is 11.5 Å². The second kappa shape index (κ2) is 4.25. The van der Waals surface area contributed by atoms with Gasteiger partial charge in [-0.05, 0) is 17.7 Å². The lowest BCUT2D eigenvalue weighted by Gasteiger charge is -2.16. The van der Waals surface area contributed by atoms with Crippen molar-refractivity contribution in [2.45, 2.75) is 12.5 Å². The first-order valence-corrected chi connectivity index (χ1v) is 5.72. The topological polar surface area (TPSA) is 59.6 Å². The van der Waals surface area contributed by atoms with Crippen LogP contribution in [0.4, 0.5) is 0 Å². The number of nitrogens with one attached hydrogen (secondary N) is 2. The number of carbonyl (C=O) groups excluding carboxylic acids is 1. The molecule has 2 aliphatic heterocycles. The normalized spacial score (nSPS) is 23.1. The summed E-state index contributed by atoms with van der Waals surface area (Å²) in [4.78, 5) is 11.3. The van der Waals surface area contributed by atoms with Crippen LogP contribution in [-0.2, 0) is 4.79 Å². The Hall–Kier alpha value is -1.75. The molecule has 2 aliphatic rings. The molecule has 0 bridgehead atoms. The summed E-state index contributed by atoms with van der Waals surface area (Å²) >= 11 is 0. The second-order valence-corrected chi connectivity index (χ2v) is 4.17. The lowest BCUT2D eigenvalue weighted by atomic mass is 10.1. The van der Waals surface area contributed by atoms with Crippen LogP contribution in [0.3, 0.4) is 0 Å². The molecule has 90 valence electrons. The average molecular weight is 234 g/mol. The van der Waals surface area contributed by atoms with E-state index >= 15 is 0 Å². The van der Waals surface area contributed by atoms with Crippen LogP contribution in [0.1, 0.15) is 18.0 Å². The van der Waals surface area contributed by atoms with Gasteiger partial charge in [0.05, 0.1) is 0 Å². The van der Waals surface area contributed by atoms with E-state index in [2.05, 4.69) is 10.6 Å². The Balaban J connectivity index is 1.81. The zero-order valence-electron chi connectivity index (χ0n) is 9.36. The van der Waals surface area contributed by atoms with Crippen molar-refractivity contribution in [2.75, 3.05) is 19.9 Å². The van der Waals surface area contributed by atoms with E-state index in [1.807, 2.05) is 18.2 Å². The minimum atomic E-state index is 0.0979. The van der Waals surface area contributed by atoms with Gasteiger partial charge in [-0.15, -0.1) is 0 Å². The summed E-state index contributed by atoms with van der Waals surface area (Å²) in [6.07, 6.45) is 0.529. The summed E-state index contributed by atoms with van der Waals surface area (Å²) in [5.41, 5.74) is 1.11. The van der Waals surface area contributed by atoms with Crippen LogP contribution in [0.25, 0.3) is 0 Å². The van der Waals surface area contributed by atoms with Gasteiger partial charge in [-0.2, -0.15) is 0 Å². The molecule has 5 nitrogen and oxygen atoms in total. The quantitative estimate of drug-likeness (QED) is 0.745. The van der Waals surface area contributed by atoms with E-state index in [0.29, 0.717) is 19.5 Å². The first kappa shape index (κ1) is 10.4. The maximum Gasteiger partial charge on any atom is 0.231 e. The van der Waals surface area contributed by atoms with Crippen molar-refractivity contribution >= 4 is 5.91 Å². The molecular weight excluding hydrogens is 220 g/mol. The van der Waals surface area contributed by atoms with Crippen molar-refractivity contribution in [2.24, 2.45) is 0 Å². The summed E-state index contributed by atoms with van der Waals surface area (Å²) < 4.78 is 10.6. The van der Waals surface area contributed by atoms with Gasteiger partial charge in [0, 0.05) is 25.6 Å². The number of carbonyl (C=O) groups is 1. The molecule has 1 fully saturated rings. The maximum absolute atomic E-state index is 11.3. The number of rotatable bonds is 1. The summed E-state index contributed by atoms with van der Waals surface area (Å²) in [6, 6.07) is 6.02. The third-order valence-electron chi connectivity index (χ3n) is 3.05. The number of fused-ring (bicyclic) bond motifs is 1. The van der Waals surface area contributed by atoms with E-state index in [1.165, 1.54) is 0 Å². The van der Waals surface area contributed by atoms with E-state index < -0.39 is 0 Å². The largest absolute Gasteiger partial charge is 0.454 e. The van der Waals surface area contributed by atoms with Crippen LogP contribution in [0.5, 0.6) is 11.5 Å². The number of hydrogen-bond acceptors (Lipinski definition) is 4. The summed E-state index contributed by atoms with van der Waals surface area (Å²) in [5.74, 6) is 1.66. The molecule has 0 saturated carbocycles. The Morgan fingerprint density at radius 1 is 1.24 bits per heavy atom. The Morgan fingerprint density at radius 3 is 3.06 bits per heavy atom. The van der Waals surface area contributed by atoms with E-state index in [0.717, 1.165) is 17.1 Å². The lowest BCUT2D eigenvalue weighted by molar-refractivity contribution is -0.120. The van der Waals surface area contributed by atoms with Gasteiger partial charge in [0.2, 0.25) is 12.7 Å². The zero-order valence-corrected chi connectivity index (χ0v) is 9.36. The van der Waals surface area contributed by atoms with Gasteiger partial charge in [0.25, 0.3) is 0 Å². The van der Waals surface area contributed by atoms with Crippen LogP contribution in [0.2, 0.25) is 0 Å². The molecule has 0 aliphatic carbocycles. The van der Waals surface area contributed by atoms with Gasteiger partial charge in [0.1, 0.15) is 0 Å². The minimum Gasteiger partial charge on any atom is -0.454 e. The fourth-order valence-corrected chi connectivity index (χ4v) is 2.10. The Kier molecular flexibility index (Phi) is 2.60. The number of ether oxygens (including phenoxy) is 2. The summed E-state index contributed by atoms with van der Waals surface area (Å²) in [5, 5.41) is 6.23. The van der Waals surface area contributed by atoms with Gasteiger partial charge in [-0.3, -0.25) is 4.79 Å². The SMILES string of the molecule is O=C1CCNC(c2ccc3c(c2)OCO3)CN1. The van der Waals surface area contributed by atoms with Gasteiger partial charge in [0.15, 0.2) is 11.5 Å². The van der Waals surface area contributed by atoms with Crippen molar-refractivity contribution in [1.29, 1.82) is 0 Å². The standard InChI is InChI=1S/C12H14N2O3/c15-12-3-4-13-9(6-14-12)8-1-2-10-11(5-8)17-7-16-10/h1-2,5,9,13H,3-4,6-7H2,(H,14,15). The van der Waals surface area contributed by atoms with Crippen molar-refractivity contribution in [1.82, 2.24) is 10.6 Å². The highest BCUT2D eigenvalue weighted by atomic mass is 16.7. The molecule has 0 spiro atoms. The van der Waals surface area contributed by atoms with E-state index in [1.54, 1.807) is 0 Å². The first-order valence-electron chi connectivity index (χ1n) is 5.72. The monoisotopic (exact) mass is 234 g/mol. The van der Waals surface area contributed by atoms with E-state index in [-0.39, 0.29) is 18.7 Å². The molecular formula is C12H14N2O3. The van der Waals surface area contributed by atoms with Crippen LogP contribution in [0.15, 0.2) is 18.2 Å². The van der Waals surface area contributed by atoms with Crippen molar-refractivity contribution in [3.05, 3.63) is 23.8 Å². The van der Waals surface area contributed by atoms with Gasteiger partial charge in [-0.1, -0.05) is 6.07 Å². The summed E-state index contributed by atoms with van der Waals surface area (Å²) in [6.45, 7) is 1.59. The highest BCUT2D eigenvalue weighted by Crippen LogP contribution is 2.34. The highest BCUT2D eigenvalue weighted by Gasteiger charge is 2.20. The molecule has 1 unspecified atom stereocenters. The van der Waals surface area contributed by atoms with Crippen LogP contribution < -0.4 is 20.1 Å². The van der Waals surface area contributed by atoms with Crippen molar-refractivity contribution in [3.63, 3.8) is 0 Å². The van der Waals surface area contributed by atoms with E-state index in [4.69, 9.17) is 9.47 Å². The fourth-order valence-electron chi connectivity index (χ4n) is 2.10. The molecule has 1 aromatic carbocycles. The lowest BCUT2D eigenvalue weighted by Crippen LogP contribution is -2.28. The van der Waals surface area contributed by atoms with Crippen LogP contribution >= 0.6 is 0 Å². The molecule has 1 aromatic rings. The molecule has 17 heavy (non-hydrogen) atoms. The van der Waals surface area contributed by atoms with Gasteiger partial charge in [-0.25, -0.2) is 0 Å². The van der Waals surface area contributed by atoms with Crippen molar-refractivity contribution < 1.29 is 14.3 Å². The number of amides is 1. The highest BCUT2D eigenvalue weighted by molar-refractivity contribution is 5.76. The minimum absolute atomic E-state index is 0.0979. The molecule has 5 heteroatoms. The van der Waals surface area contributed by atoms with Crippen LogP contribution in [-0.4, -0.2) is 25.8 Å². The zero-order chi connectivity index (χ0) is 11.7. The Morgan fingerprint density at radius 2 is 2.12 bits per heavy atom. The number of benzene rings is 1. The van der Waals surface area contributed by atoms with Gasteiger partial charge >= 0.3 is 0 Å². The smallest absolute Gasteiger partial charge is 0.231 e. The Bertz CT molecular complexity index is 447. The molecule has 1 amide bonds. The molecule has 1 saturated heterocycles. The maximum atomic E-state index is 11.3. The second-order valence-electron chi connectivity index (χ2n) is 4.17. The molecule has 0 aromatic heterocycles. The Labute approximate surface area is 99.1 Å². The van der Waals surface area contributed by atoms with Gasteiger partial charge < -0.3 is 20.1 Å².